The van der Waals surface area contributed by atoms with Crippen molar-refractivity contribution in [2.24, 2.45) is 0 Å². The maximum absolute atomic E-state index is 6.02. The molecule has 2 aromatic carbocycles. The molecule has 0 aliphatic carbocycles. The van der Waals surface area contributed by atoms with Crippen molar-refractivity contribution in [3.05, 3.63) is 83.9 Å². The molecular formula is C22H23N9. The van der Waals surface area contributed by atoms with E-state index in [0.29, 0.717) is 25.0 Å². The number of nitrogens with zero attached hydrogens (tertiary/aromatic N) is 6. The van der Waals surface area contributed by atoms with Crippen molar-refractivity contribution in [1.82, 2.24) is 29.5 Å². The highest BCUT2D eigenvalue weighted by Crippen LogP contribution is 2.16. The fraction of sp³-hybridized carbons (Fsp3) is 0.0909. The first-order valence-corrected chi connectivity index (χ1v) is 9.64. The van der Waals surface area contributed by atoms with E-state index in [1.165, 1.54) is 0 Å². The summed E-state index contributed by atoms with van der Waals surface area (Å²) in [6.45, 7) is 8.49. The molecular weight excluding hydrogens is 390 g/mol. The largest absolute Gasteiger partial charge is 0.368 e. The van der Waals surface area contributed by atoms with E-state index in [4.69, 9.17) is 11.5 Å². The second-order valence-corrected chi connectivity index (χ2v) is 6.92. The lowest BCUT2D eigenvalue weighted by Crippen LogP contribution is -2.07. The third-order valence-electron chi connectivity index (χ3n) is 4.72. The number of rotatable bonds is 8. The highest BCUT2D eigenvalue weighted by atomic mass is 15.5. The van der Waals surface area contributed by atoms with E-state index >= 15 is 0 Å². The molecule has 0 unspecified atom stereocenters. The minimum Gasteiger partial charge on any atom is -0.368 e. The highest BCUT2D eigenvalue weighted by molar-refractivity contribution is 5.49. The molecule has 0 fully saturated rings. The Balaban J connectivity index is 1.45. The van der Waals surface area contributed by atoms with Crippen LogP contribution in [0, 0.1) is 0 Å². The Morgan fingerprint density at radius 1 is 0.710 bits per heavy atom. The van der Waals surface area contributed by atoms with Gasteiger partial charge in [0.15, 0.2) is 0 Å². The summed E-state index contributed by atoms with van der Waals surface area (Å²) >= 11 is 0. The summed E-state index contributed by atoms with van der Waals surface area (Å²) < 4.78 is 3.21. The van der Waals surface area contributed by atoms with Crippen molar-refractivity contribution >= 4 is 35.9 Å². The number of nitrogens with one attached hydrogen (secondary N) is 1. The lowest BCUT2D eigenvalue weighted by molar-refractivity contribution is 0.694. The van der Waals surface area contributed by atoms with Gasteiger partial charge in [-0.05, 0) is 22.3 Å². The molecule has 156 valence electrons. The van der Waals surface area contributed by atoms with Gasteiger partial charge in [-0.25, -0.2) is 9.36 Å². The Hall–Kier alpha value is -4.40. The third-order valence-corrected chi connectivity index (χ3v) is 4.72. The van der Waals surface area contributed by atoms with E-state index in [0.717, 1.165) is 22.3 Å². The SMILES string of the molecule is C=Cc1ccc(Cn2nc(Nc3nc(N)n(Cc4ccc(C=C)cc4)n3)nc2N)cc1. The fourth-order valence-corrected chi connectivity index (χ4v) is 3.01. The molecule has 31 heavy (non-hydrogen) atoms. The van der Waals surface area contributed by atoms with Crippen LogP contribution in [0.25, 0.3) is 12.2 Å². The van der Waals surface area contributed by atoms with Crippen molar-refractivity contribution < 1.29 is 0 Å². The number of nitrogens with two attached hydrogens (primary N) is 2. The summed E-state index contributed by atoms with van der Waals surface area (Å²) in [5, 5.41) is 11.8. The minimum absolute atomic E-state index is 0.282. The van der Waals surface area contributed by atoms with Crippen LogP contribution in [0.4, 0.5) is 23.8 Å². The van der Waals surface area contributed by atoms with Gasteiger partial charge in [0, 0.05) is 0 Å². The van der Waals surface area contributed by atoms with Gasteiger partial charge in [-0.1, -0.05) is 73.8 Å². The predicted octanol–water partition coefficient (Wildman–Crippen LogP) is 3.16. The first-order chi connectivity index (χ1) is 15.0. The second-order valence-electron chi connectivity index (χ2n) is 6.92. The summed E-state index contributed by atoms with van der Waals surface area (Å²) in [6, 6.07) is 15.9. The molecule has 5 N–H and O–H groups in total. The van der Waals surface area contributed by atoms with Crippen LogP contribution >= 0.6 is 0 Å². The van der Waals surface area contributed by atoms with Gasteiger partial charge in [0.05, 0.1) is 13.1 Å². The van der Waals surface area contributed by atoms with E-state index in [1.807, 2.05) is 48.5 Å². The Bertz CT molecular complexity index is 1110. The average molecular weight is 413 g/mol. The van der Waals surface area contributed by atoms with Gasteiger partial charge in [0.25, 0.3) is 11.9 Å². The average Bonchev–Trinajstić information content (AvgIpc) is 3.30. The summed E-state index contributed by atoms with van der Waals surface area (Å²) in [6.07, 6.45) is 3.59. The lowest BCUT2D eigenvalue weighted by atomic mass is 10.1. The topological polar surface area (TPSA) is 125 Å². The molecule has 4 rings (SSSR count). The molecule has 2 aromatic heterocycles. The van der Waals surface area contributed by atoms with Crippen LogP contribution in [0.1, 0.15) is 22.3 Å². The molecule has 4 aromatic rings. The molecule has 9 nitrogen and oxygen atoms in total. The van der Waals surface area contributed by atoms with Crippen molar-refractivity contribution in [3.8, 4) is 0 Å². The lowest BCUT2D eigenvalue weighted by Gasteiger charge is -2.03. The van der Waals surface area contributed by atoms with E-state index in [9.17, 15) is 0 Å². The maximum atomic E-state index is 6.02. The summed E-state index contributed by atoms with van der Waals surface area (Å²) in [4.78, 5) is 8.48. The molecule has 0 amide bonds. The van der Waals surface area contributed by atoms with Gasteiger partial charge in [0.2, 0.25) is 11.9 Å². The van der Waals surface area contributed by atoms with Crippen molar-refractivity contribution in [2.45, 2.75) is 13.1 Å². The normalized spacial score (nSPS) is 10.7. The molecule has 2 heterocycles. The summed E-state index contributed by atoms with van der Waals surface area (Å²) in [5.41, 5.74) is 16.2. The van der Waals surface area contributed by atoms with Gasteiger partial charge in [-0.15, -0.1) is 10.2 Å². The predicted molar refractivity (Wildman–Crippen MR) is 123 cm³/mol. The quantitative estimate of drug-likeness (QED) is 0.405. The molecule has 9 heteroatoms. The van der Waals surface area contributed by atoms with Crippen molar-refractivity contribution in [3.63, 3.8) is 0 Å². The van der Waals surface area contributed by atoms with E-state index < -0.39 is 0 Å². The number of hydrogen-bond acceptors (Lipinski definition) is 7. The van der Waals surface area contributed by atoms with Crippen LogP contribution < -0.4 is 16.8 Å². The first-order valence-electron chi connectivity index (χ1n) is 9.64. The van der Waals surface area contributed by atoms with Crippen LogP contribution in [-0.4, -0.2) is 29.5 Å². The van der Waals surface area contributed by atoms with Gasteiger partial charge >= 0.3 is 0 Å². The zero-order valence-corrected chi connectivity index (χ0v) is 16.9. The summed E-state index contributed by atoms with van der Waals surface area (Å²) in [5.74, 6) is 1.16. The minimum atomic E-state index is 0.282. The standard InChI is InChI=1S/C22H23N9/c1-3-15-5-9-17(10-6-15)13-30-19(23)25-21(28-30)27-22-26-20(24)31(29-22)14-18-11-7-16(4-2)8-12-18/h3-12H,1-2,13-14H2,(H5,23,24,25,26,27,28,29). The molecule has 0 aliphatic heterocycles. The maximum Gasteiger partial charge on any atom is 0.250 e. The number of anilines is 4. The zero-order chi connectivity index (χ0) is 21.8. The van der Waals surface area contributed by atoms with Crippen LogP contribution in [0.3, 0.4) is 0 Å². The van der Waals surface area contributed by atoms with Gasteiger partial charge in [-0.2, -0.15) is 9.97 Å². The Kier molecular flexibility index (Phi) is 5.48. The molecule has 0 bridgehead atoms. The van der Waals surface area contributed by atoms with Crippen molar-refractivity contribution in [1.29, 1.82) is 0 Å². The number of nitrogen functional groups attached to an aromatic ring is 2. The third kappa shape index (κ3) is 4.61. The van der Waals surface area contributed by atoms with E-state index in [-0.39, 0.29) is 11.9 Å². The van der Waals surface area contributed by atoms with Crippen LogP contribution in [0.5, 0.6) is 0 Å². The molecule has 0 saturated carbocycles. The smallest absolute Gasteiger partial charge is 0.250 e. The highest BCUT2D eigenvalue weighted by Gasteiger charge is 2.12. The Morgan fingerprint density at radius 2 is 1.10 bits per heavy atom. The van der Waals surface area contributed by atoms with E-state index in [2.05, 4.69) is 38.6 Å². The molecule has 0 spiro atoms. The Morgan fingerprint density at radius 3 is 1.45 bits per heavy atom. The van der Waals surface area contributed by atoms with Crippen LogP contribution in [0.15, 0.2) is 61.7 Å². The van der Waals surface area contributed by atoms with Gasteiger partial charge < -0.3 is 11.5 Å². The van der Waals surface area contributed by atoms with Gasteiger partial charge in [0.1, 0.15) is 0 Å². The summed E-state index contributed by atoms with van der Waals surface area (Å²) in [7, 11) is 0. The van der Waals surface area contributed by atoms with Crippen LogP contribution in [-0.2, 0) is 13.1 Å². The number of benzene rings is 2. The zero-order valence-electron chi connectivity index (χ0n) is 16.9. The number of aromatic nitrogens is 6. The fourth-order valence-electron chi connectivity index (χ4n) is 3.01. The molecule has 0 aliphatic rings. The molecule has 0 atom stereocenters. The number of hydrogen-bond donors (Lipinski definition) is 3. The second kappa shape index (κ2) is 8.54. The van der Waals surface area contributed by atoms with E-state index in [1.54, 1.807) is 21.5 Å². The molecule has 0 radical (unpaired) electrons. The first kappa shape index (κ1) is 19.9. The van der Waals surface area contributed by atoms with Crippen molar-refractivity contribution in [2.75, 3.05) is 16.8 Å². The molecule has 0 saturated heterocycles. The monoisotopic (exact) mass is 413 g/mol. The van der Waals surface area contributed by atoms with Gasteiger partial charge in [-0.3, -0.25) is 5.32 Å². The van der Waals surface area contributed by atoms with Crippen LogP contribution in [0.2, 0.25) is 0 Å². The Labute approximate surface area is 179 Å².